The number of nitrogens with one attached hydrogen (secondary N) is 2. The van der Waals surface area contributed by atoms with Crippen LogP contribution in [0.1, 0.15) is 5.56 Å². The number of carbonyl (C=O) groups is 1. The van der Waals surface area contributed by atoms with Gasteiger partial charge in [-0.05, 0) is 37.4 Å². The first-order chi connectivity index (χ1) is 13.0. The number of rotatable bonds is 6. The van der Waals surface area contributed by atoms with E-state index in [-0.39, 0.29) is 0 Å². The largest absolute Gasteiger partial charge is 0.478 e. The summed E-state index contributed by atoms with van der Waals surface area (Å²) >= 11 is 0. The van der Waals surface area contributed by atoms with Crippen LogP contribution in [0.5, 0.6) is 0 Å². The van der Waals surface area contributed by atoms with E-state index >= 15 is 0 Å². The number of benzene rings is 1. The monoisotopic (exact) mass is 368 g/mol. The topological polar surface area (TPSA) is 93.6 Å². The minimum atomic E-state index is -1.01. The summed E-state index contributed by atoms with van der Waals surface area (Å²) in [6.45, 7) is 4.21. The fraction of sp³-hybridized carbons (Fsp3) is 0.316. The highest BCUT2D eigenvalue weighted by molar-refractivity contribution is 5.86. The zero-order valence-electron chi connectivity index (χ0n) is 15.5. The first kappa shape index (κ1) is 18.7. The Bertz CT molecular complexity index is 813. The molecule has 1 aliphatic rings. The number of carboxylic acids is 1. The third kappa shape index (κ3) is 4.95. The molecule has 0 unspecified atom stereocenters. The molecule has 2 heterocycles. The molecule has 1 aromatic carbocycles. The molecule has 0 atom stereocenters. The third-order valence-electron chi connectivity index (χ3n) is 4.45. The standard InChI is InChI=1S/C19H24N6O2/c1-20-18-14(3-8-17(26)27)13-21-19(23-18)22-15-4-6-16(7-5-15)25-11-9-24(2)10-12-25/h3-8,13H,9-12H2,1-2H3,(H,26,27)(H2,20,21,22,23)/b8-3+. The van der Waals surface area contributed by atoms with Gasteiger partial charge >= 0.3 is 5.97 Å². The highest BCUT2D eigenvalue weighted by atomic mass is 16.4. The Kier molecular flexibility index (Phi) is 5.87. The van der Waals surface area contributed by atoms with Gasteiger partial charge in [0.05, 0.1) is 0 Å². The van der Waals surface area contributed by atoms with Gasteiger partial charge in [0, 0.05) is 62.4 Å². The summed E-state index contributed by atoms with van der Waals surface area (Å²) in [6, 6.07) is 8.20. The van der Waals surface area contributed by atoms with Crippen LogP contribution < -0.4 is 15.5 Å². The quantitative estimate of drug-likeness (QED) is 0.668. The van der Waals surface area contributed by atoms with Crippen molar-refractivity contribution in [1.29, 1.82) is 0 Å². The molecule has 27 heavy (non-hydrogen) atoms. The molecule has 0 amide bonds. The van der Waals surface area contributed by atoms with Crippen LogP contribution in [0.4, 0.5) is 23.1 Å². The molecule has 1 fully saturated rings. The molecule has 0 bridgehead atoms. The maximum atomic E-state index is 10.7. The Hall–Kier alpha value is -3.13. The van der Waals surface area contributed by atoms with Gasteiger partial charge in [-0.1, -0.05) is 0 Å². The van der Waals surface area contributed by atoms with Crippen molar-refractivity contribution in [3.8, 4) is 0 Å². The molecule has 0 aliphatic carbocycles. The first-order valence-corrected chi connectivity index (χ1v) is 8.81. The van der Waals surface area contributed by atoms with Crippen molar-refractivity contribution in [2.45, 2.75) is 0 Å². The van der Waals surface area contributed by atoms with Gasteiger partial charge in [0.15, 0.2) is 0 Å². The van der Waals surface area contributed by atoms with Gasteiger partial charge in [-0.25, -0.2) is 9.78 Å². The molecule has 1 aliphatic heterocycles. The van der Waals surface area contributed by atoms with Crippen LogP contribution in [0, 0.1) is 0 Å². The molecule has 0 spiro atoms. The smallest absolute Gasteiger partial charge is 0.328 e. The zero-order valence-corrected chi connectivity index (χ0v) is 15.5. The summed E-state index contributed by atoms with van der Waals surface area (Å²) in [4.78, 5) is 24.0. The van der Waals surface area contributed by atoms with Gasteiger partial charge in [-0.3, -0.25) is 0 Å². The molecule has 8 heteroatoms. The van der Waals surface area contributed by atoms with E-state index in [2.05, 4.69) is 49.6 Å². The highest BCUT2D eigenvalue weighted by Gasteiger charge is 2.14. The molecule has 3 N–H and O–H groups in total. The molecule has 0 saturated carbocycles. The summed E-state index contributed by atoms with van der Waals surface area (Å²) in [6.07, 6.45) is 4.10. The van der Waals surface area contributed by atoms with Crippen molar-refractivity contribution < 1.29 is 9.90 Å². The Morgan fingerprint density at radius 1 is 1.19 bits per heavy atom. The summed E-state index contributed by atoms with van der Waals surface area (Å²) in [5.41, 5.74) is 2.71. The fourth-order valence-electron chi connectivity index (χ4n) is 2.88. The molecule has 8 nitrogen and oxygen atoms in total. The lowest BCUT2D eigenvalue weighted by Crippen LogP contribution is -2.44. The molecular weight excluding hydrogens is 344 g/mol. The van der Waals surface area contributed by atoms with Crippen molar-refractivity contribution in [3.05, 3.63) is 42.1 Å². The van der Waals surface area contributed by atoms with Gasteiger partial charge < -0.3 is 25.5 Å². The van der Waals surface area contributed by atoms with Gasteiger partial charge in [0.2, 0.25) is 5.95 Å². The second kappa shape index (κ2) is 8.50. The average molecular weight is 368 g/mol. The Labute approximate surface area is 158 Å². The highest BCUT2D eigenvalue weighted by Crippen LogP contribution is 2.22. The Morgan fingerprint density at radius 3 is 2.52 bits per heavy atom. The van der Waals surface area contributed by atoms with Crippen LogP contribution in [0.3, 0.4) is 0 Å². The number of aliphatic carboxylic acids is 1. The van der Waals surface area contributed by atoms with E-state index in [1.54, 1.807) is 13.2 Å². The normalized spacial score (nSPS) is 15.1. The number of anilines is 4. The zero-order chi connectivity index (χ0) is 19.2. The number of hydrogen-bond acceptors (Lipinski definition) is 7. The number of hydrogen-bond donors (Lipinski definition) is 3. The van der Waals surface area contributed by atoms with Crippen LogP contribution in [0.25, 0.3) is 6.08 Å². The van der Waals surface area contributed by atoms with Gasteiger partial charge in [0.25, 0.3) is 0 Å². The van der Waals surface area contributed by atoms with Crippen molar-refractivity contribution in [2.24, 2.45) is 0 Å². The van der Waals surface area contributed by atoms with Gasteiger partial charge in [-0.15, -0.1) is 0 Å². The average Bonchev–Trinajstić information content (AvgIpc) is 2.68. The van der Waals surface area contributed by atoms with Crippen LogP contribution in [0.15, 0.2) is 36.5 Å². The van der Waals surface area contributed by atoms with E-state index in [0.29, 0.717) is 17.3 Å². The Morgan fingerprint density at radius 2 is 1.89 bits per heavy atom. The number of piperazine rings is 1. The van der Waals surface area contributed by atoms with Crippen LogP contribution in [-0.2, 0) is 4.79 Å². The van der Waals surface area contributed by atoms with E-state index < -0.39 is 5.97 Å². The molecule has 0 radical (unpaired) electrons. The van der Waals surface area contributed by atoms with Crippen LogP contribution in [0.2, 0.25) is 0 Å². The minimum Gasteiger partial charge on any atom is -0.478 e. The van der Waals surface area contributed by atoms with Crippen LogP contribution >= 0.6 is 0 Å². The van der Waals surface area contributed by atoms with Crippen molar-refractivity contribution in [2.75, 3.05) is 55.8 Å². The SMILES string of the molecule is CNc1nc(Nc2ccc(N3CCN(C)CC3)cc2)ncc1/C=C/C(=O)O. The second-order valence-electron chi connectivity index (χ2n) is 6.38. The van der Waals surface area contributed by atoms with E-state index in [0.717, 1.165) is 37.9 Å². The maximum Gasteiger partial charge on any atom is 0.328 e. The molecule has 1 aromatic heterocycles. The summed E-state index contributed by atoms with van der Waals surface area (Å²) in [5, 5.41) is 14.9. The summed E-state index contributed by atoms with van der Waals surface area (Å²) < 4.78 is 0. The number of carboxylic acid groups (broad SMARTS) is 1. The molecule has 2 aromatic rings. The van der Waals surface area contributed by atoms with Crippen LogP contribution in [-0.4, -0.2) is 66.2 Å². The number of likely N-dealkylation sites (N-methyl/N-ethyl adjacent to an activating group) is 1. The molecular formula is C19H24N6O2. The predicted molar refractivity (Wildman–Crippen MR) is 108 cm³/mol. The van der Waals surface area contributed by atoms with E-state index in [9.17, 15) is 4.79 Å². The molecule has 1 saturated heterocycles. The lowest BCUT2D eigenvalue weighted by atomic mass is 10.2. The molecule has 142 valence electrons. The summed E-state index contributed by atoms with van der Waals surface area (Å²) in [5.74, 6) is -0.0158. The number of nitrogens with zero attached hydrogens (tertiary/aromatic N) is 4. The van der Waals surface area contributed by atoms with E-state index in [1.807, 2.05) is 12.1 Å². The Balaban J connectivity index is 1.69. The lowest BCUT2D eigenvalue weighted by molar-refractivity contribution is -0.131. The van der Waals surface area contributed by atoms with Gasteiger partial charge in [-0.2, -0.15) is 4.98 Å². The number of aromatic nitrogens is 2. The van der Waals surface area contributed by atoms with E-state index in [1.165, 1.54) is 11.8 Å². The van der Waals surface area contributed by atoms with Crippen molar-refractivity contribution >= 4 is 35.2 Å². The van der Waals surface area contributed by atoms with E-state index in [4.69, 9.17) is 5.11 Å². The van der Waals surface area contributed by atoms with Crippen molar-refractivity contribution in [3.63, 3.8) is 0 Å². The van der Waals surface area contributed by atoms with Gasteiger partial charge in [0.1, 0.15) is 5.82 Å². The maximum absolute atomic E-state index is 10.7. The summed E-state index contributed by atoms with van der Waals surface area (Å²) in [7, 11) is 3.88. The first-order valence-electron chi connectivity index (χ1n) is 8.81. The second-order valence-corrected chi connectivity index (χ2v) is 6.38. The minimum absolute atomic E-state index is 0.444. The third-order valence-corrected chi connectivity index (χ3v) is 4.45. The fourth-order valence-corrected chi connectivity index (χ4v) is 2.88. The van der Waals surface area contributed by atoms with Crippen molar-refractivity contribution in [1.82, 2.24) is 14.9 Å². The lowest BCUT2D eigenvalue weighted by Gasteiger charge is -2.34. The molecule has 3 rings (SSSR count). The predicted octanol–water partition coefficient (Wildman–Crippen LogP) is 2.11.